The Morgan fingerprint density at radius 2 is 2.14 bits per heavy atom. The van der Waals surface area contributed by atoms with E-state index in [4.69, 9.17) is 4.74 Å². The molecule has 0 aliphatic carbocycles. The summed E-state index contributed by atoms with van der Waals surface area (Å²) in [6, 6.07) is 9.20. The number of hydrogen-bond donors (Lipinski definition) is 1. The largest absolute Gasteiger partial charge is 0.416 e. The second-order valence-corrected chi connectivity index (χ2v) is 6.87. The predicted molar refractivity (Wildman–Crippen MR) is 105 cm³/mol. The third-order valence-electron chi connectivity index (χ3n) is 4.78. The van der Waals surface area contributed by atoms with E-state index in [-0.39, 0.29) is 0 Å². The molecule has 1 fully saturated rings. The van der Waals surface area contributed by atoms with E-state index in [2.05, 4.69) is 15.3 Å². The Morgan fingerprint density at radius 1 is 1.31 bits per heavy atom. The van der Waals surface area contributed by atoms with Gasteiger partial charge < -0.3 is 15.0 Å². The Kier molecular flexibility index (Phi) is 6.74. The van der Waals surface area contributed by atoms with Gasteiger partial charge >= 0.3 is 6.18 Å². The molecule has 0 radical (unpaired) electrons. The fraction of sp³-hybridized carbons (Fsp3) is 0.429. The SMILES string of the molecule is CCNC(=NCc1ncccc1C)N1CCOC(c2cccc(C(F)(F)F)c2)C1. The van der Waals surface area contributed by atoms with E-state index in [1.165, 1.54) is 6.07 Å². The first-order valence-electron chi connectivity index (χ1n) is 9.61. The molecule has 2 aromatic rings. The van der Waals surface area contributed by atoms with Crippen LogP contribution in [0, 0.1) is 6.92 Å². The van der Waals surface area contributed by atoms with Crippen LogP contribution in [0.3, 0.4) is 0 Å². The molecule has 2 heterocycles. The average molecular weight is 406 g/mol. The van der Waals surface area contributed by atoms with Gasteiger partial charge in [0.2, 0.25) is 0 Å². The van der Waals surface area contributed by atoms with Gasteiger partial charge in [-0.3, -0.25) is 4.98 Å². The maximum atomic E-state index is 13.0. The number of ether oxygens (including phenoxy) is 1. The molecule has 1 aromatic heterocycles. The van der Waals surface area contributed by atoms with Crippen molar-refractivity contribution in [1.29, 1.82) is 0 Å². The standard InChI is InChI=1S/C21H25F3N4O/c1-3-25-20(27-13-18-15(2)6-5-9-26-18)28-10-11-29-19(14-28)16-7-4-8-17(12-16)21(22,23)24/h4-9,12,19H,3,10-11,13-14H2,1-2H3,(H,25,27). The summed E-state index contributed by atoms with van der Waals surface area (Å²) < 4.78 is 44.9. The van der Waals surface area contributed by atoms with Crippen molar-refractivity contribution in [2.45, 2.75) is 32.7 Å². The Bertz CT molecular complexity index is 854. The van der Waals surface area contributed by atoms with Gasteiger partial charge in [-0.05, 0) is 43.2 Å². The Morgan fingerprint density at radius 3 is 2.86 bits per heavy atom. The number of guanidine groups is 1. The third kappa shape index (κ3) is 5.47. The predicted octanol–water partition coefficient (Wildman–Crippen LogP) is 3.95. The third-order valence-corrected chi connectivity index (χ3v) is 4.78. The lowest BCUT2D eigenvalue weighted by molar-refractivity contribution is -0.137. The summed E-state index contributed by atoms with van der Waals surface area (Å²) >= 11 is 0. The summed E-state index contributed by atoms with van der Waals surface area (Å²) in [5.74, 6) is 0.706. The number of halogens is 3. The second-order valence-electron chi connectivity index (χ2n) is 6.87. The number of pyridine rings is 1. The number of nitrogens with zero attached hydrogens (tertiary/aromatic N) is 3. The van der Waals surface area contributed by atoms with Gasteiger partial charge in [0.05, 0.1) is 31.0 Å². The molecule has 156 valence electrons. The lowest BCUT2D eigenvalue weighted by Crippen LogP contribution is -2.48. The van der Waals surface area contributed by atoms with E-state index in [9.17, 15) is 13.2 Å². The highest BCUT2D eigenvalue weighted by Crippen LogP contribution is 2.32. The molecule has 1 unspecified atom stereocenters. The van der Waals surface area contributed by atoms with Crippen LogP contribution in [0.1, 0.15) is 35.4 Å². The number of aryl methyl sites for hydroxylation is 1. The number of aromatic nitrogens is 1. The van der Waals surface area contributed by atoms with Crippen LogP contribution in [-0.2, 0) is 17.5 Å². The van der Waals surface area contributed by atoms with Crippen molar-refractivity contribution in [3.05, 3.63) is 65.0 Å². The molecular weight excluding hydrogens is 381 g/mol. The summed E-state index contributed by atoms with van der Waals surface area (Å²) in [5.41, 5.74) is 1.81. The Balaban J connectivity index is 1.77. The molecule has 1 atom stereocenters. The summed E-state index contributed by atoms with van der Waals surface area (Å²) in [6.45, 7) is 6.53. The first-order chi connectivity index (χ1) is 13.9. The van der Waals surface area contributed by atoms with E-state index in [0.29, 0.717) is 44.3 Å². The van der Waals surface area contributed by atoms with Crippen LogP contribution in [0.15, 0.2) is 47.6 Å². The van der Waals surface area contributed by atoms with Gasteiger partial charge in [0, 0.05) is 19.3 Å². The second kappa shape index (κ2) is 9.26. The lowest BCUT2D eigenvalue weighted by Gasteiger charge is -2.35. The molecule has 1 aliphatic rings. The van der Waals surface area contributed by atoms with Crippen molar-refractivity contribution < 1.29 is 17.9 Å². The van der Waals surface area contributed by atoms with Crippen LogP contribution in [0.4, 0.5) is 13.2 Å². The van der Waals surface area contributed by atoms with E-state index in [0.717, 1.165) is 23.4 Å². The maximum Gasteiger partial charge on any atom is 0.416 e. The van der Waals surface area contributed by atoms with E-state index < -0.39 is 17.8 Å². The summed E-state index contributed by atoms with van der Waals surface area (Å²) in [7, 11) is 0. The van der Waals surface area contributed by atoms with Crippen LogP contribution >= 0.6 is 0 Å². The number of rotatable bonds is 4. The van der Waals surface area contributed by atoms with Gasteiger partial charge in [0.15, 0.2) is 5.96 Å². The van der Waals surface area contributed by atoms with Crippen LogP contribution in [-0.4, -0.2) is 42.1 Å². The minimum atomic E-state index is -4.37. The van der Waals surface area contributed by atoms with Crippen LogP contribution < -0.4 is 5.32 Å². The van der Waals surface area contributed by atoms with Crippen molar-refractivity contribution in [1.82, 2.24) is 15.2 Å². The molecule has 1 aliphatic heterocycles. The zero-order chi connectivity index (χ0) is 20.9. The quantitative estimate of drug-likeness (QED) is 0.617. The number of nitrogens with one attached hydrogen (secondary N) is 1. The minimum absolute atomic E-state index is 0.411. The van der Waals surface area contributed by atoms with Crippen molar-refractivity contribution in [3.63, 3.8) is 0 Å². The monoisotopic (exact) mass is 406 g/mol. The molecule has 29 heavy (non-hydrogen) atoms. The molecule has 5 nitrogen and oxygen atoms in total. The molecule has 0 spiro atoms. The highest BCUT2D eigenvalue weighted by Gasteiger charge is 2.32. The molecular formula is C21H25F3N4O. The van der Waals surface area contributed by atoms with Gasteiger partial charge in [0.1, 0.15) is 6.10 Å². The maximum absolute atomic E-state index is 13.0. The van der Waals surface area contributed by atoms with Gasteiger partial charge in [-0.1, -0.05) is 18.2 Å². The first-order valence-corrected chi connectivity index (χ1v) is 9.61. The van der Waals surface area contributed by atoms with Crippen molar-refractivity contribution >= 4 is 5.96 Å². The van der Waals surface area contributed by atoms with E-state index >= 15 is 0 Å². The highest BCUT2D eigenvalue weighted by atomic mass is 19.4. The topological polar surface area (TPSA) is 49.8 Å². The molecule has 8 heteroatoms. The van der Waals surface area contributed by atoms with Crippen LogP contribution in [0.5, 0.6) is 0 Å². The van der Waals surface area contributed by atoms with Crippen molar-refractivity contribution in [2.75, 3.05) is 26.2 Å². The van der Waals surface area contributed by atoms with Crippen molar-refractivity contribution in [2.24, 2.45) is 4.99 Å². The van der Waals surface area contributed by atoms with Gasteiger partial charge in [-0.25, -0.2) is 4.99 Å². The van der Waals surface area contributed by atoms with E-state index in [1.807, 2.05) is 30.9 Å². The number of alkyl halides is 3. The molecule has 1 N–H and O–H groups in total. The number of hydrogen-bond acceptors (Lipinski definition) is 3. The fourth-order valence-electron chi connectivity index (χ4n) is 3.22. The zero-order valence-electron chi connectivity index (χ0n) is 16.5. The van der Waals surface area contributed by atoms with Gasteiger partial charge in [0.25, 0.3) is 0 Å². The molecule has 0 amide bonds. The smallest absolute Gasteiger partial charge is 0.370 e. The zero-order valence-corrected chi connectivity index (χ0v) is 16.5. The molecule has 0 saturated carbocycles. The van der Waals surface area contributed by atoms with Gasteiger partial charge in [-0.2, -0.15) is 13.2 Å². The lowest BCUT2D eigenvalue weighted by atomic mass is 10.0. The Hall–Kier alpha value is -2.61. The molecule has 1 aromatic carbocycles. The summed E-state index contributed by atoms with van der Waals surface area (Å²) in [5, 5.41) is 3.26. The van der Waals surface area contributed by atoms with Gasteiger partial charge in [-0.15, -0.1) is 0 Å². The van der Waals surface area contributed by atoms with Crippen molar-refractivity contribution in [3.8, 4) is 0 Å². The summed E-state index contributed by atoms with van der Waals surface area (Å²) in [4.78, 5) is 11.1. The molecule has 1 saturated heterocycles. The molecule has 3 rings (SSSR count). The fourth-order valence-corrected chi connectivity index (χ4v) is 3.22. The highest BCUT2D eigenvalue weighted by molar-refractivity contribution is 5.80. The molecule has 0 bridgehead atoms. The minimum Gasteiger partial charge on any atom is -0.370 e. The number of aliphatic imine (C=N–C) groups is 1. The number of morpholine rings is 1. The number of benzene rings is 1. The van der Waals surface area contributed by atoms with Crippen LogP contribution in [0.25, 0.3) is 0 Å². The summed E-state index contributed by atoms with van der Waals surface area (Å²) in [6.07, 6.45) is -3.09. The Labute approximate surface area is 168 Å². The van der Waals surface area contributed by atoms with E-state index in [1.54, 1.807) is 12.3 Å². The first kappa shape index (κ1) is 21.1. The average Bonchev–Trinajstić information content (AvgIpc) is 2.72. The van der Waals surface area contributed by atoms with Crippen LogP contribution in [0.2, 0.25) is 0 Å². The normalized spacial score (nSPS) is 18.0.